The minimum absolute atomic E-state index is 0.569. The van der Waals surface area contributed by atoms with Crippen LogP contribution >= 0.6 is 0 Å². The Bertz CT molecular complexity index is 798. The van der Waals surface area contributed by atoms with Gasteiger partial charge in [0, 0.05) is 43.0 Å². The van der Waals surface area contributed by atoms with Gasteiger partial charge >= 0.3 is 0 Å². The van der Waals surface area contributed by atoms with E-state index in [0.29, 0.717) is 5.92 Å². The quantitative estimate of drug-likeness (QED) is 0.715. The van der Waals surface area contributed by atoms with E-state index >= 15 is 0 Å². The van der Waals surface area contributed by atoms with Crippen LogP contribution in [0, 0.1) is 6.92 Å². The number of rotatable bonds is 2. The summed E-state index contributed by atoms with van der Waals surface area (Å²) in [4.78, 5) is 11.3. The highest BCUT2D eigenvalue weighted by atomic mass is 15.2. The molecule has 0 radical (unpaired) electrons. The summed E-state index contributed by atoms with van der Waals surface area (Å²) in [5.74, 6) is 0.569. The van der Waals surface area contributed by atoms with E-state index in [-0.39, 0.29) is 0 Å². The van der Waals surface area contributed by atoms with Gasteiger partial charge in [0.15, 0.2) is 0 Å². The zero-order valence-electron chi connectivity index (χ0n) is 12.7. The van der Waals surface area contributed by atoms with E-state index in [4.69, 9.17) is 0 Å². The molecule has 0 spiro atoms. The number of para-hydroxylation sites is 1. The fourth-order valence-electron chi connectivity index (χ4n) is 3.50. The topological polar surface area (TPSA) is 29.0 Å². The van der Waals surface area contributed by atoms with Gasteiger partial charge in [-0.2, -0.15) is 0 Å². The lowest BCUT2D eigenvalue weighted by molar-refractivity contribution is 0.770. The SMILES string of the molecule is Cc1cnc2ccccc2c1N1CCC(c2cccnc2)C1. The van der Waals surface area contributed by atoms with Gasteiger partial charge in [-0.3, -0.25) is 9.97 Å². The number of anilines is 1. The molecular weight excluding hydrogens is 270 g/mol. The van der Waals surface area contributed by atoms with Gasteiger partial charge in [-0.15, -0.1) is 0 Å². The highest BCUT2D eigenvalue weighted by molar-refractivity contribution is 5.93. The molecule has 1 aliphatic rings. The normalized spacial score (nSPS) is 18.0. The highest BCUT2D eigenvalue weighted by Gasteiger charge is 2.26. The van der Waals surface area contributed by atoms with E-state index in [2.05, 4.69) is 52.1 Å². The highest BCUT2D eigenvalue weighted by Crippen LogP contribution is 2.35. The first-order chi connectivity index (χ1) is 10.8. The average Bonchev–Trinajstić information content (AvgIpc) is 3.05. The summed E-state index contributed by atoms with van der Waals surface area (Å²) in [6, 6.07) is 12.7. The summed E-state index contributed by atoms with van der Waals surface area (Å²) in [5.41, 5.74) is 5.02. The van der Waals surface area contributed by atoms with Crippen molar-refractivity contribution in [2.45, 2.75) is 19.3 Å². The summed E-state index contributed by atoms with van der Waals surface area (Å²) in [6.45, 7) is 4.31. The van der Waals surface area contributed by atoms with Gasteiger partial charge in [0.05, 0.1) is 11.2 Å². The second kappa shape index (κ2) is 5.41. The minimum Gasteiger partial charge on any atom is -0.370 e. The lowest BCUT2D eigenvalue weighted by Gasteiger charge is -2.23. The molecule has 0 saturated carbocycles. The zero-order chi connectivity index (χ0) is 14.9. The summed E-state index contributed by atoms with van der Waals surface area (Å²) < 4.78 is 0. The second-order valence-electron chi connectivity index (χ2n) is 6.02. The summed E-state index contributed by atoms with van der Waals surface area (Å²) >= 11 is 0. The van der Waals surface area contributed by atoms with E-state index in [1.807, 2.05) is 24.7 Å². The van der Waals surface area contributed by atoms with Gasteiger partial charge in [0.1, 0.15) is 0 Å². The molecule has 1 unspecified atom stereocenters. The van der Waals surface area contributed by atoms with Gasteiger partial charge in [-0.05, 0) is 36.6 Å². The first-order valence-electron chi connectivity index (χ1n) is 7.82. The predicted octanol–water partition coefficient (Wildman–Crippen LogP) is 3.93. The smallest absolute Gasteiger partial charge is 0.0723 e. The number of hydrogen-bond donors (Lipinski definition) is 0. The molecule has 3 heteroatoms. The lowest BCUT2D eigenvalue weighted by atomic mass is 10.0. The van der Waals surface area contributed by atoms with Crippen molar-refractivity contribution in [3.63, 3.8) is 0 Å². The maximum absolute atomic E-state index is 4.55. The van der Waals surface area contributed by atoms with Crippen LogP contribution in [0.5, 0.6) is 0 Å². The van der Waals surface area contributed by atoms with Crippen LogP contribution in [0.4, 0.5) is 5.69 Å². The van der Waals surface area contributed by atoms with Crippen LogP contribution < -0.4 is 4.90 Å². The standard InChI is InChI=1S/C19H19N3/c1-14-11-21-18-7-3-2-6-17(18)19(14)22-10-8-16(13-22)15-5-4-9-20-12-15/h2-7,9,11-12,16H,8,10,13H2,1H3. The third-order valence-electron chi connectivity index (χ3n) is 4.59. The van der Waals surface area contributed by atoms with E-state index in [9.17, 15) is 0 Å². The largest absolute Gasteiger partial charge is 0.370 e. The monoisotopic (exact) mass is 289 g/mol. The first kappa shape index (κ1) is 13.3. The predicted molar refractivity (Wildman–Crippen MR) is 90.3 cm³/mol. The van der Waals surface area contributed by atoms with Crippen molar-refractivity contribution < 1.29 is 0 Å². The van der Waals surface area contributed by atoms with Gasteiger partial charge in [0.2, 0.25) is 0 Å². The average molecular weight is 289 g/mol. The fraction of sp³-hybridized carbons (Fsp3) is 0.263. The van der Waals surface area contributed by atoms with E-state index < -0.39 is 0 Å². The third-order valence-corrected chi connectivity index (χ3v) is 4.59. The number of aryl methyl sites for hydroxylation is 1. The summed E-state index contributed by atoms with van der Waals surface area (Å²) in [5, 5.41) is 1.26. The van der Waals surface area contributed by atoms with E-state index in [1.54, 1.807) is 0 Å². The molecule has 1 saturated heterocycles. The molecule has 1 atom stereocenters. The van der Waals surface area contributed by atoms with Crippen molar-refractivity contribution in [3.8, 4) is 0 Å². The molecule has 1 aromatic carbocycles. The van der Waals surface area contributed by atoms with Gasteiger partial charge < -0.3 is 4.90 Å². The zero-order valence-corrected chi connectivity index (χ0v) is 12.7. The molecule has 1 fully saturated rings. The fourth-order valence-corrected chi connectivity index (χ4v) is 3.50. The Balaban J connectivity index is 1.70. The number of hydrogen-bond acceptors (Lipinski definition) is 3. The van der Waals surface area contributed by atoms with Crippen LogP contribution in [0.1, 0.15) is 23.5 Å². The van der Waals surface area contributed by atoms with Crippen LogP contribution in [0.25, 0.3) is 10.9 Å². The first-order valence-corrected chi connectivity index (χ1v) is 7.82. The Morgan fingerprint density at radius 2 is 2.00 bits per heavy atom. The van der Waals surface area contributed by atoms with Gasteiger partial charge in [-0.25, -0.2) is 0 Å². The van der Waals surface area contributed by atoms with Crippen LogP contribution in [-0.4, -0.2) is 23.1 Å². The molecule has 2 aromatic heterocycles. The van der Waals surface area contributed by atoms with E-state index in [0.717, 1.165) is 18.6 Å². The van der Waals surface area contributed by atoms with E-state index in [1.165, 1.54) is 28.6 Å². The van der Waals surface area contributed by atoms with Gasteiger partial charge in [0.25, 0.3) is 0 Å². The number of benzene rings is 1. The van der Waals surface area contributed by atoms with Crippen molar-refractivity contribution in [3.05, 3.63) is 66.1 Å². The molecular formula is C19H19N3. The second-order valence-corrected chi connectivity index (χ2v) is 6.02. The summed E-state index contributed by atoms with van der Waals surface area (Å²) in [6.07, 6.45) is 7.03. The molecule has 0 aliphatic carbocycles. The molecule has 1 aliphatic heterocycles. The summed E-state index contributed by atoms with van der Waals surface area (Å²) in [7, 11) is 0. The third kappa shape index (κ3) is 2.23. The Morgan fingerprint density at radius 1 is 1.09 bits per heavy atom. The Labute approximate surface area is 130 Å². The van der Waals surface area contributed by atoms with Crippen LogP contribution in [0.2, 0.25) is 0 Å². The molecule has 3 nitrogen and oxygen atoms in total. The number of nitrogens with zero attached hydrogens (tertiary/aromatic N) is 3. The number of aromatic nitrogens is 2. The maximum Gasteiger partial charge on any atom is 0.0723 e. The molecule has 4 rings (SSSR count). The van der Waals surface area contributed by atoms with Crippen molar-refractivity contribution >= 4 is 16.6 Å². The van der Waals surface area contributed by atoms with Crippen molar-refractivity contribution in [1.82, 2.24) is 9.97 Å². The molecule has 0 N–H and O–H groups in total. The van der Waals surface area contributed by atoms with Crippen molar-refractivity contribution in [2.24, 2.45) is 0 Å². The van der Waals surface area contributed by atoms with Crippen LogP contribution in [-0.2, 0) is 0 Å². The molecule has 0 amide bonds. The lowest BCUT2D eigenvalue weighted by Crippen LogP contribution is -2.20. The van der Waals surface area contributed by atoms with Crippen molar-refractivity contribution in [1.29, 1.82) is 0 Å². The molecule has 22 heavy (non-hydrogen) atoms. The Morgan fingerprint density at radius 3 is 2.86 bits per heavy atom. The Hall–Kier alpha value is -2.42. The van der Waals surface area contributed by atoms with Crippen LogP contribution in [0.15, 0.2) is 55.0 Å². The molecule has 3 aromatic rings. The minimum atomic E-state index is 0.569. The van der Waals surface area contributed by atoms with Gasteiger partial charge in [-0.1, -0.05) is 24.3 Å². The molecule has 110 valence electrons. The number of pyridine rings is 2. The maximum atomic E-state index is 4.55. The molecule has 3 heterocycles. The van der Waals surface area contributed by atoms with Crippen molar-refractivity contribution in [2.75, 3.05) is 18.0 Å². The molecule has 0 bridgehead atoms. The van der Waals surface area contributed by atoms with Crippen LogP contribution in [0.3, 0.4) is 0 Å². The number of fused-ring (bicyclic) bond motifs is 1. The Kier molecular flexibility index (Phi) is 3.26.